The van der Waals surface area contributed by atoms with Crippen LogP contribution in [0.25, 0.3) is 22.3 Å². The second kappa shape index (κ2) is 13.2. The van der Waals surface area contributed by atoms with Crippen molar-refractivity contribution in [3.05, 3.63) is 126 Å². The van der Waals surface area contributed by atoms with Gasteiger partial charge in [0.1, 0.15) is 0 Å². The zero-order chi connectivity index (χ0) is 33.8. The fraction of sp³-hybridized carbons (Fsp3) is 0.413. The minimum atomic E-state index is -2.68. The summed E-state index contributed by atoms with van der Waals surface area (Å²) in [6, 6.07) is 20.0. The number of hydrogen-bond acceptors (Lipinski definition) is 0. The van der Waals surface area contributed by atoms with Crippen molar-refractivity contribution in [1.29, 1.82) is 0 Å². The minimum Gasteiger partial charge on any atom is -1.00 e. The summed E-state index contributed by atoms with van der Waals surface area (Å²) >= 11 is -2.68. The van der Waals surface area contributed by atoms with E-state index in [1.807, 2.05) is 3.28 Å². The third-order valence-electron chi connectivity index (χ3n) is 11.7. The number of rotatable bonds is 5. The molecule has 0 radical (unpaired) electrons. The number of allylic oxidation sites excluding steroid dienone is 8. The minimum absolute atomic E-state index is 0. The van der Waals surface area contributed by atoms with E-state index in [1.165, 1.54) is 62.1 Å². The molecule has 4 aliphatic rings. The average Bonchev–Trinajstić information content (AvgIpc) is 3.67. The molecule has 0 fully saturated rings. The van der Waals surface area contributed by atoms with Gasteiger partial charge in [0.15, 0.2) is 0 Å². The molecule has 0 saturated heterocycles. The van der Waals surface area contributed by atoms with Gasteiger partial charge in [-0.15, -0.1) is 0 Å². The quantitative estimate of drug-likeness (QED) is 0.275. The normalized spacial score (nSPS) is 19.8. The van der Waals surface area contributed by atoms with Crippen molar-refractivity contribution in [2.45, 2.75) is 110 Å². The summed E-state index contributed by atoms with van der Waals surface area (Å²) < 4.78 is 5.16. The number of hydrogen-bond donors (Lipinski definition) is 0. The summed E-state index contributed by atoms with van der Waals surface area (Å²) in [6.07, 6.45) is 10.00. The summed E-state index contributed by atoms with van der Waals surface area (Å²) in [4.78, 5) is 0. The molecule has 0 nitrogen and oxygen atoms in total. The Balaban J connectivity index is 0.00000234. The Morgan fingerprint density at radius 3 is 1.63 bits per heavy atom. The third kappa shape index (κ3) is 6.17. The molecule has 256 valence electrons. The second-order valence-electron chi connectivity index (χ2n) is 17.1. The Kier molecular flexibility index (Phi) is 10.3. The fourth-order valence-corrected chi connectivity index (χ4v) is 18.6. The number of aryl methyl sites for hydroxylation is 1. The van der Waals surface area contributed by atoms with Crippen LogP contribution in [0.1, 0.15) is 137 Å². The van der Waals surface area contributed by atoms with Crippen LogP contribution in [0.5, 0.6) is 0 Å². The van der Waals surface area contributed by atoms with Crippen LogP contribution < -0.4 is 24.8 Å². The van der Waals surface area contributed by atoms with E-state index in [9.17, 15) is 0 Å². The zero-order valence-corrected chi connectivity index (χ0v) is 35.7. The van der Waals surface area contributed by atoms with Gasteiger partial charge in [-0.2, -0.15) is 0 Å². The first kappa shape index (κ1) is 38.2. The van der Waals surface area contributed by atoms with Gasteiger partial charge in [0.2, 0.25) is 0 Å². The van der Waals surface area contributed by atoms with Crippen LogP contribution in [-0.2, 0) is 32.1 Å². The van der Waals surface area contributed by atoms with Gasteiger partial charge in [-0.1, -0.05) is 0 Å². The van der Waals surface area contributed by atoms with Crippen LogP contribution in [-0.4, -0.2) is 3.71 Å². The Morgan fingerprint density at radius 1 is 0.714 bits per heavy atom. The van der Waals surface area contributed by atoms with Gasteiger partial charge in [-0.05, 0) is 0 Å². The Labute approximate surface area is 317 Å². The van der Waals surface area contributed by atoms with Crippen molar-refractivity contribution < 1.29 is 46.1 Å². The first-order valence-corrected chi connectivity index (χ1v) is 22.1. The van der Waals surface area contributed by atoms with E-state index in [4.69, 9.17) is 0 Å². The standard InChI is InChI=1S/C25H25.C13H21.C8H8.2ClH.Zr/c1-14-12-24(3,4)22-8-16-7-17-9-23-19(15(2)13-25(23,5)6)11-21(17)20(16)10-18(14)22;1-6-10-8-11(7-2)12(9-10)13(3,4)5;1-7-3-5-8(2)6-4-7;;;/h7-13H,1-6H3;9-10H,6-7H2,1-5H3;1,3-6H,2H3;2*1H;/q;;;;;+2/p-2. The van der Waals surface area contributed by atoms with Crippen LogP contribution in [0.15, 0.2) is 81.2 Å². The first-order valence-electron chi connectivity index (χ1n) is 18.1. The molecule has 0 bridgehead atoms. The Bertz CT molecular complexity index is 1920. The van der Waals surface area contributed by atoms with Crippen molar-refractivity contribution in [3.8, 4) is 11.1 Å². The fourth-order valence-electron chi connectivity index (χ4n) is 9.50. The Hall–Kier alpha value is -2.05. The zero-order valence-electron chi connectivity index (χ0n) is 31.8. The molecular weight excluding hydrogens is 715 g/mol. The van der Waals surface area contributed by atoms with Gasteiger partial charge in [-0.25, -0.2) is 0 Å². The maximum atomic E-state index is 2.85. The molecule has 3 heteroatoms. The van der Waals surface area contributed by atoms with E-state index in [0.29, 0.717) is 9.54 Å². The summed E-state index contributed by atoms with van der Waals surface area (Å²) in [5.74, 6) is 0.535. The van der Waals surface area contributed by atoms with E-state index in [1.54, 1.807) is 22.3 Å². The molecule has 0 aromatic heterocycles. The van der Waals surface area contributed by atoms with Crippen LogP contribution in [0.4, 0.5) is 0 Å². The monoisotopic (exact) mass is 766 g/mol. The molecule has 0 saturated carbocycles. The maximum Gasteiger partial charge on any atom is -1.00 e. The topological polar surface area (TPSA) is 0 Å². The predicted molar refractivity (Wildman–Crippen MR) is 202 cm³/mol. The number of halogens is 2. The van der Waals surface area contributed by atoms with E-state index < -0.39 is 21.3 Å². The van der Waals surface area contributed by atoms with Crippen molar-refractivity contribution in [3.63, 3.8) is 0 Å². The molecule has 1 unspecified atom stereocenters. The van der Waals surface area contributed by atoms with Crippen molar-refractivity contribution >= 4 is 14.9 Å². The van der Waals surface area contributed by atoms with Gasteiger partial charge < -0.3 is 24.8 Å². The van der Waals surface area contributed by atoms with Crippen molar-refractivity contribution in [1.82, 2.24) is 0 Å². The SMILES string of the molecule is CCC1=[C](/[Zr+2](=[CH]\c2ccc(C)cc2)[CH]2c3cc4c(cc3-c3cc5c(cc32)C(C)(C)C=C5C)C(C)=CC4(C)C)C(CC)C=C1C(C)(C)C.[Cl-].[Cl-]. The van der Waals surface area contributed by atoms with E-state index in [2.05, 4.69) is 154 Å². The summed E-state index contributed by atoms with van der Waals surface area (Å²) in [5.41, 5.74) is 21.3. The molecule has 0 N–H and O–H groups in total. The molecule has 0 amide bonds. The van der Waals surface area contributed by atoms with Gasteiger partial charge in [-0.3, -0.25) is 0 Å². The maximum absolute atomic E-state index is 2.85. The largest absolute Gasteiger partial charge is 1.00 e. The smallest absolute Gasteiger partial charge is 1.00 e. The van der Waals surface area contributed by atoms with Crippen LogP contribution in [0.2, 0.25) is 0 Å². The van der Waals surface area contributed by atoms with E-state index >= 15 is 0 Å². The third-order valence-corrected chi connectivity index (χ3v) is 19.5. The molecular formula is C46H54Cl2Zr. The molecule has 4 aliphatic carbocycles. The molecule has 3 aromatic carbocycles. The van der Waals surface area contributed by atoms with Crippen molar-refractivity contribution in [2.75, 3.05) is 0 Å². The average molecular weight is 769 g/mol. The predicted octanol–water partition coefficient (Wildman–Crippen LogP) is 6.61. The summed E-state index contributed by atoms with van der Waals surface area (Å²) in [6.45, 7) is 28.6. The number of benzene rings is 3. The molecule has 0 spiro atoms. The molecule has 0 aliphatic heterocycles. The first-order chi connectivity index (χ1) is 22.1. The molecule has 7 rings (SSSR count). The van der Waals surface area contributed by atoms with E-state index in [-0.39, 0.29) is 41.1 Å². The van der Waals surface area contributed by atoms with Crippen LogP contribution in [0.3, 0.4) is 0 Å². The van der Waals surface area contributed by atoms with Crippen LogP contribution >= 0.6 is 0 Å². The van der Waals surface area contributed by atoms with Crippen LogP contribution in [0, 0.1) is 18.3 Å². The molecule has 49 heavy (non-hydrogen) atoms. The molecule has 0 heterocycles. The van der Waals surface area contributed by atoms with Crippen molar-refractivity contribution in [2.24, 2.45) is 11.3 Å². The number of fused-ring (bicyclic) bond motifs is 5. The van der Waals surface area contributed by atoms with Gasteiger partial charge >= 0.3 is 295 Å². The molecule has 3 aromatic rings. The van der Waals surface area contributed by atoms with Gasteiger partial charge in [0.25, 0.3) is 0 Å². The second-order valence-corrected chi connectivity index (χ2v) is 22.8. The van der Waals surface area contributed by atoms with Gasteiger partial charge in [0.05, 0.1) is 0 Å². The summed E-state index contributed by atoms with van der Waals surface area (Å²) in [7, 11) is 0. The van der Waals surface area contributed by atoms with Gasteiger partial charge in [0, 0.05) is 0 Å². The Morgan fingerprint density at radius 2 is 1.20 bits per heavy atom. The molecule has 1 atom stereocenters. The van der Waals surface area contributed by atoms with E-state index in [0.717, 1.165) is 6.42 Å². The summed E-state index contributed by atoms with van der Waals surface area (Å²) in [5, 5.41) is 0.